The number of amides is 2. The van der Waals surface area contributed by atoms with Gasteiger partial charge in [-0.25, -0.2) is 4.39 Å². The van der Waals surface area contributed by atoms with E-state index in [1.807, 2.05) is 42.5 Å². The van der Waals surface area contributed by atoms with Crippen LogP contribution < -0.4 is 10.2 Å². The van der Waals surface area contributed by atoms with Crippen LogP contribution in [0, 0.1) is 17.1 Å². The van der Waals surface area contributed by atoms with Gasteiger partial charge in [0.05, 0.1) is 5.25 Å². The van der Waals surface area contributed by atoms with E-state index in [9.17, 15) is 19.2 Å². The first-order valence-corrected chi connectivity index (χ1v) is 11.7. The summed E-state index contributed by atoms with van der Waals surface area (Å²) in [5, 5.41) is 12.8. The van der Waals surface area contributed by atoms with E-state index in [0.717, 1.165) is 22.9 Å². The fourth-order valence-electron chi connectivity index (χ4n) is 3.56. The highest BCUT2D eigenvalue weighted by molar-refractivity contribution is 8.05. The fourth-order valence-corrected chi connectivity index (χ4v) is 5.08. The zero-order valence-electron chi connectivity index (χ0n) is 17.9. The summed E-state index contributed by atoms with van der Waals surface area (Å²) in [7, 11) is 0. The molecule has 1 aliphatic rings. The molecule has 1 unspecified atom stereocenters. The normalized spacial score (nSPS) is 16.8. The first-order chi connectivity index (χ1) is 16.5. The summed E-state index contributed by atoms with van der Waals surface area (Å²) in [6, 6.07) is 23.8. The van der Waals surface area contributed by atoms with Gasteiger partial charge in [0, 0.05) is 17.3 Å². The minimum atomic E-state index is -0.586. The average molecular weight is 492 g/mol. The Kier molecular flexibility index (Phi) is 7.31. The lowest BCUT2D eigenvalue weighted by molar-refractivity contribution is -0.117. The van der Waals surface area contributed by atoms with Crippen molar-refractivity contribution in [3.8, 4) is 6.07 Å². The second-order valence-electron chi connectivity index (χ2n) is 7.55. The second-order valence-corrected chi connectivity index (χ2v) is 9.18. The number of benzene rings is 3. The molecule has 1 atom stereocenters. The predicted octanol–water partition coefficient (Wildman–Crippen LogP) is 5.22. The summed E-state index contributed by atoms with van der Waals surface area (Å²) >= 11 is 7.24. The van der Waals surface area contributed by atoms with Crippen molar-refractivity contribution in [2.45, 2.75) is 18.2 Å². The topological polar surface area (TPSA) is 73.2 Å². The van der Waals surface area contributed by atoms with Gasteiger partial charge in [0.25, 0.3) is 5.91 Å². The zero-order valence-corrected chi connectivity index (χ0v) is 19.4. The molecule has 3 aromatic rings. The van der Waals surface area contributed by atoms with Crippen LogP contribution in [0.1, 0.15) is 11.1 Å². The van der Waals surface area contributed by atoms with Crippen molar-refractivity contribution < 1.29 is 14.0 Å². The molecule has 0 bridgehead atoms. The lowest BCUT2D eigenvalue weighted by Gasteiger charge is -2.18. The van der Waals surface area contributed by atoms with E-state index in [2.05, 4.69) is 5.32 Å². The third kappa shape index (κ3) is 5.30. The van der Waals surface area contributed by atoms with E-state index in [-0.39, 0.29) is 23.1 Å². The largest absolute Gasteiger partial charge is 0.347 e. The molecular weight excluding hydrogens is 473 g/mol. The summed E-state index contributed by atoms with van der Waals surface area (Å²) in [6.07, 6.45) is 0.357. The summed E-state index contributed by atoms with van der Waals surface area (Å²) in [5.74, 6) is -1.34. The monoisotopic (exact) mass is 491 g/mol. The van der Waals surface area contributed by atoms with Crippen LogP contribution in [-0.4, -0.2) is 17.1 Å². The number of hydrogen-bond donors (Lipinski definition) is 1. The van der Waals surface area contributed by atoms with E-state index < -0.39 is 17.0 Å². The van der Waals surface area contributed by atoms with Crippen LogP contribution in [0.15, 0.2) is 89.5 Å². The molecule has 1 aliphatic heterocycles. The lowest BCUT2D eigenvalue weighted by atomic mass is 10.1. The maximum Gasteiger partial charge on any atom is 0.264 e. The van der Waals surface area contributed by atoms with Crippen molar-refractivity contribution in [2.75, 3.05) is 4.90 Å². The summed E-state index contributed by atoms with van der Waals surface area (Å²) in [4.78, 5) is 27.7. The van der Waals surface area contributed by atoms with Gasteiger partial charge in [-0.15, -0.1) is 0 Å². The second kappa shape index (κ2) is 10.6. The van der Waals surface area contributed by atoms with Crippen molar-refractivity contribution in [1.29, 1.82) is 5.26 Å². The number of thioether (sulfide) groups is 1. The number of rotatable bonds is 6. The van der Waals surface area contributed by atoms with E-state index in [1.165, 1.54) is 29.2 Å². The molecule has 5 nitrogen and oxygen atoms in total. The Balaban J connectivity index is 1.67. The Bertz CT molecular complexity index is 1290. The molecule has 8 heteroatoms. The highest BCUT2D eigenvalue weighted by Gasteiger charge is 2.40. The molecule has 0 aromatic heterocycles. The number of nitriles is 1. The molecule has 1 heterocycles. The van der Waals surface area contributed by atoms with Crippen molar-refractivity contribution in [3.05, 3.63) is 111 Å². The molecular formula is C26H19ClFN3O2S. The van der Waals surface area contributed by atoms with E-state index >= 15 is 0 Å². The molecule has 1 fully saturated rings. The molecule has 0 saturated carbocycles. The standard InChI is InChI=1S/C26H19ClFN3O2S/c27-19-8-4-7-18(13-19)14-23-25(33)31(21-11-9-20(28)10-12-21)26(34-23)22(15-29)24(32)30-16-17-5-2-1-3-6-17/h1-13,23H,14,16H2,(H,30,32). The minimum Gasteiger partial charge on any atom is -0.347 e. The van der Waals surface area contributed by atoms with Gasteiger partial charge < -0.3 is 5.32 Å². The Labute approximate surface area is 205 Å². The quantitative estimate of drug-likeness (QED) is 0.379. The van der Waals surface area contributed by atoms with Gasteiger partial charge in [0.2, 0.25) is 5.91 Å². The Morgan fingerprint density at radius 2 is 1.76 bits per heavy atom. The van der Waals surface area contributed by atoms with Gasteiger partial charge in [0.1, 0.15) is 22.5 Å². The fraction of sp³-hybridized carbons (Fsp3) is 0.115. The van der Waals surface area contributed by atoms with Gasteiger partial charge >= 0.3 is 0 Å². The molecule has 0 spiro atoms. The number of hydrogen-bond acceptors (Lipinski definition) is 4. The highest BCUT2D eigenvalue weighted by atomic mass is 35.5. The number of carbonyl (C=O) groups is 2. The number of nitrogens with zero attached hydrogens (tertiary/aromatic N) is 2. The van der Waals surface area contributed by atoms with Gasteiger partial charge in [-0.05, 0) is 53.9 Å². The molecule has 0 aliphatic carbocycles. The van der Waals surface area contributed by atoms with Gasteiger partial charge in [-0.1, -0.05) is 65.8 Å². The van der Waals surface area contributed by atoms with Crippen LogP contribution in [-0.2, 0) is 22.6 Å². The highest BCUT2D eigenvalue weighted by Crippen LogP contribution is 2.42. The average Bonchev–Trinajstić information content (AvgIpc) is 3.15. The van der Waals surface area contributed by atoms with E-state index in [1.54, 1.807) is 18.2 Å². The maximum absolute atomic E-state index is 13.5. The number of carbonyl (C=O) groups excluding carboxylic acids is 2. The summed E-state index contributed by atoms with van der Waals surface area (Å²) in [5.41, 5.74) is 1.94. The molecule has 0 radical (unpaired) electrons. The SMILES string of the molecule is N#CC(C(=O)NCc1ccccc1)=C1SC(Cc2cccc(Cl)c2)C(=O)N1c1ccc(F)cc1. The first-order valence-electron chi connectivity index (χ1n) is 10.4. The van der Waals surface area contributed by atoms with Crippen molar-refractivity contribution >= 4 is 40.9 Å². The van der Waals surface area contributed by atoms with Crippen LogP contribution in [0.3, 0.4) is 0 Å². The van der Waals surface area contributed by atoms with E-state index in [0.29, 0.717) is 17.1 Å². The summed E-state index contributed by atoms with van der Waals surface area (Å²) < 4.78 is 13.5. The third-order valence-electron chi connectivity index (χ3n) is 5.20. The van der Waals surface area contributed by atoms with Crippen LogP contribution >= 0.6 is 23.4 Å². The Hall–Kier alpha value is -3.60. The summed E-state index contributed by atoms with van der Waals surface area (Å²) in [6.45, 7) is 0.235. The third-order valence-corrected chi connectivity index (χ3v) is 6.69. The van der Waals surface area contributed by atoms with Crippen LogP contribution in [0.4, 0.5) is 10.1 Å². The smallest absolute Gasteiger partial charge is 0.264 e. The minimum absolute atomic E-state index is 0.174. The predicted molar refractivity (Wildman–Crippen MR) is 131 cm³/mol. The Morgan fingerprint density at radius 3 is 2.44 bits per heavy atom. The molecule has 170 valence electrons. The van der Waals surface area contributed by atoms with Crippen molar-refractivity contribution in [3.63, 3.8) is 0 Å². The molecule has 3 aromatic carbocycles. The van der Waals surface area contributed by atoms with Crippen LogP contribution in [0.2, 0.25) is 5.02 Å². The van der Waals surface area contributed by atoms with Gasteiger partial charge in [0.15, 0.2) is 0 Å². The van der Waals surface area contributed by atoms with Crippen LogP contribution in [0.25, 0.3) is 0 Å². The number of halogens is 2. The molecule has 4 rings (SSSR count). The first kappa shape index (κ1) is 23.6. The van der Waals surface area contributed by atoms with Crippen LogP contribution in [0.5, 0.6) is 0 Å². The molecule has 2 amide bonds. The van der Waals surface area contributed by atoms with Crippen molar-refractivity contribution in [1.82, 2.24) is 5.32 Å². The number of anilines is 1. The zero-order chi connectivity index (χ0) is 24.1. The maximum atomic E-state index is 13.5. The number of nitrogens with one attached hydrogen (secondary N) is 1. The van der Waals surface area contributed by atoms with Gasteiger partial charge in [-0.3, -0.25) is 14.5 Å². The van der Waals surface area contributed by atoms with E-state index in [4.69, 9.17) is 11.6 Å². The lowest BCUT2D eigenvalue weighted by Crippen LogP contribution is -2.32. The van der Waals surface area contributed by atoms with Crippen molar-refractivity contribution in [2.24, 2.45) is 0 Å². The Morgan fingerprint density at radius 1 is 1.06 bits per heavy atom. The molecule has 34 heavy (non-hydrogen) atoms. The molecule has 1 saturated heterocycles. The molecule has 1 N–H and O–H groups in total. The van der Waals surface area contributed by atoms with Gasteiger partial charge in [-0.2, -0.15) is 5.26 Å².